The van der Waals surface area contributed by atoms with Crippen LogP contribution in [0.1, 0.15) is 27.1 Å². The summed E-state index contributed by atoms with van der Waals surface area (Å²) in [7, 11) is 0. The number of hydrogen-bond donors (Lipinski definition) is 2. The maximum absolute atomic E-state index is 12.0. The van der Waals surface area contributed by atoms with Crippen molar-refractivity contribution >= 4 is 35.4 Å². The molecule has 2 amide bonds. The van der Waals surface area contributed by atoms with Crippen LogP contribution in [0.15, 0.2) is 29.4 Å². The minimum absolute atomic E-state index is 0.0666. The SMILES string of the molecule is NC(=S)N/N=C/CCN1C(=O)c2ccccc2C1=O. The standard InChI is InChI=1S/C12H12N4O2S/c13-12(19)15-14-6-3-7-16-10(17)8-4-1-2-5-9(8)11(16)18/h1-2,4-6H,3,7H2,(H3,13,15,19)/b14-6+. The number of hydrogen-bond acceptors (Lipinski definition) is 4. The number of rotatable bonds is 4. The van der Waals surface area contributed by atoms with Crippen molar-refractivity contribution in [2.45, 2.75) is 6.42 Å². The number of carbonyl (C=O) groups excluding carboxylic acids is 2. The monoisotopic (exact) mass is 276 g/mol. The van der Waals surface area contributed by atoms with Crippen LogP contribution in [0.2, 0.25) is 0 Å². The van der Waals surface area contributed by atoms with E-state index >= 15 is 0 Å². The van der Waals surface area contributed by atoms with E-state index in [2.05, 4.69) is 22.7 Å². The summed E-state index contributed by atoms with van der Waals surface area (Å²) in [4.78, 5) is 25.2. The molecule has 1 aromatic rings. The van der Waals surface area contributed by atoms with E-state index in [1.54, 1.807) is 24.3 Å². The molecule has 0 bridgehead atoms. The summed E-state index contributed by atoms with van der Waals surface area (Å²) in [5, 5.41) is 3.81. The van der Waals surface area contributed by atoms with Crippen LogP contribution in [0.3, 0.4) is 0 Å². The third kappa shape index (κ3) is 2.76. The van der Waals surface area contributed by atoms with E-state index in [1.165, 1.54) is 11.1 Å². The van der Waals surface area contributed by atoms with Crippen LogP contribution in [0.25, 0.3) is 0 Å². The number of carbonyl (C=O) groups is 2. The maximum atomic E-state index is 12.0. The lowest BCUT2D eigenvalue weighted by molar-refractivity contribution is 0.0659. The molecule has 0 spiro atoms. The molecule has 0 saturated carbocycles. The normalized spacial score (nSPS) is 14.0. The van der Waals surface area contributed by atoms with E-state index in [0.717, 1.165) is 0 Å². The lowest BCUT2D eigenvalue weighted by Crippen LogP contribution is -2.31. The predicted octanol–water partition coefficient (Wildman–Crippen LogP) is 0.492. The lowest BCUT2D eigenvalue weighted by Gasteiger charge is -2.11. The average Bonchev–Trinajstić information content (AvgIpc) is 2.63. The largest absolute Gasteiger partial charge is 0.375 e. The molecule has 0 fully saturated rings. The molecular weight excluding hydrogens is 264 g/mol. The first-order valence-electron chi connectivity index (χ1n) is 5.63. The summed E-state index contributed by atoms with van der Waals surface area (Å²) in [6, 6.07) is 6.78. The molecule has 0 aromatic heterocycles. The number of benzene rings is 1. The molecule has 1 aliphatic rings. The highest BCUT2D eigenvalue weighted by Crippen LogP contribution is 2.22. The van der Waals surface area contributed by atoms with E-state index in [9.17, 15) is 9.59 Å². The second-order valence-electron chi connectivity index (χ2n) is 3.88. The molecule has 1 heterocycles. The summed E-state index contributed by atoms with van der Waals surface area (Å²) in [5.74, 6) is -0.535. The third-order valence-corrected chi connectivity index (χ3v) is 2.72. The molecule has 6 nitrogen and oxygen atoms in total. The smallest absolute Gasteiger partial charge is 0.261 e. The van der Waals surface area contributed by atoms with E-state index in [1.807, 2.05) is 0 Å². The van der Waals surface area contributed by atoms with Crippen LogP contribution in [-0.4, -0.2) is 34.6 Å². The van der Waals surface area contributed by atoms with Crippen molar-refractivity contribution in [3.63, 3.8) is 0 Å². The van der Waals surface area contributed by atoms with Gasteiger partial charge in [0, 0.05) is 19.2 Å². The summed E-state index contributed by atoms with van der Waals surface area (Å²) in [6.45, 7) is 0.273. The average molecular weight is 276 g/mol. The van der Waals surface area contributed by atoms with Gasteiger partial charge in [0.25, 0.3) is 11.8 Å². The van der Waals surface area contributed by atoms with Crippen LogP contribution in [0.4, 0.5) is 0 Å². The Morgan fingerprint density at radius 2 is 1.89 bits per heavy atom. The number of amides is 2. The predicted molar refractivity (Wildman–Crippen MR) is 74.8 cm³/mol. The van der Waals surface area contributed by atoms with Gasteiger partial charge in [-0.3, -0.25) is 19.9 Å². The first-order valence-corrected chi connectivity index (χ1v) is 6.04. The van der Waals surface area contributed by atoms with Crippen molar-refractivity contribution in [2.24, 2.45) is 10.8 Å². The number of nitrogens with two attached hydrogens (primary N) is 1. The fourth-order valence-electron chi connectivity index (χ4n) is 1.80. The maximum Gasteiger partial charge on any atom is 0.261 e. The third-order valence-electron chi connectivity index (χ3n) is 2.63. The molecule has 7 heteroatoms. The first kappa shape index (κ1) is 13.2. The van der Waals surface area contributed by atoms with Gasteiger partial charge in [-0.05, 0) is 24.4 Å². The van der Waals surface area contributed by atoms with Crippen LogP contribution in [0, 0.1) is 0 Å². The van der Waals surface area contributed by atoms with Crippen molar-refractivity contribution in [1.29, 1.82) is 0 Å². The van der Waals surface area contributed by atoms with E-state index in [0.29, 0.717) is 17.5 Å². The Morgan fingerprint density at radius 3 is 2.42 bits per heavy atom. The molecule has 3 N–H and O–H groups in total. The van der Waals surface area contributed by atoms with Crippen LogP contribution in [-0.2, 0) is 0 Å². The molecule has 1 aromatic carbocycles. The van der Waals surface area contributed by atoms with Gasteiger partial charge >= 0.3 is 0 Å². The van der Waals surface area contributed by atoms with Gasteiger partial charge in [0.15, 0.2) is 5.11 Å². The number of nitrogens with zero attached hydrogens (tertiary/aromatic N) is 2. The molecule has 0 saturated heterocycles. The first-order chi connectivity index (χ1) is 9.11. The Labute approximate surface area is 115 Å². The fraction of sp³-hybridized carbons (Fsp3) is 0.167. The highest BCUT2D eigenvalue weighted by molar-refractivity contribution is 7.80. The topological polar surface area (TPSA) is 87.8 Å². The minimum Gasteiger partial charge on any atom is -0.375 e. The number of imide groups is 1. The van der Waals surface area contributed by atoms with Crippen LogP contribution >= 0.6 is 12.2 Å². The van der Waals surface area contributed by atoms with E-state index in [4.69, 9.17) is 5.73 Å². The van der Waals surface area contributed by atoms with E-state index < -0.39 is 0 Å². The fourth-order valence-corrected chi connectivity index (χ4v) is 1.86. The molecule has 1 aliphatic heterocycles. The Morgan fingerprint density at radius 1 is 1.32 bits per heavy atom. The Hall–Kier alpha value is -2.28. The Balaban J connectivity index is 1.97. The van der Waals surface area contributed by atoms with Gasteiger partial charge in [0.1, 0.15) is 0 Å². The van der Waals surface area contributed by atoms with Gasteiger partial charge in [0.2, 0.25) is 0 Å². The molecule has 2 rings (SSSR count). The van der Waals surface area contributed by atoms with Gasteiger partial charge in [-0.15, -0.1) is 0 Å². The molecule has 0 atom stereocenters. The van der Waals surface area contributed by atoms with Crippen LogP contribution in [0.5, 0.6) is 0 Å². The molecule has 0 radical (unpaired) electrons. The zero-order valence-corrected chi connectivity index (χ0v) is 10.8. The van der Waals surface area contributed by atoms with Crippen molar-refractivity contribution in [1.82, 2.24) is 10.3 Å². The van der Waals surface area contributed by atoms with Crippen molar-refractivity contribution in [3.8, 4) is 0 Å². The van der Waals surface area contributed by atoms with Crippen molar-refractivity contribution < 1.29 is 9.59 Å². The van der Waals surface area contributed by atoms with Gasteiger partial charge < -0.3 is 5.73 Å². The zero-order chi connectivity index (χ0) is 13.8. The van der Waals surface area contributed by atoms with Crippen molar-refractivity contribution in [2.75, 3.05) is 6.54 Å². The second-order valence-corrected chi connectivity index (χ2v) is 4.32. The molecule has 0 aliphatic carbocycles. The highest BCUT2D eigenvalue weighted by atomic mass is 32.1. The highest BCUT2D eigenvalue weighted by Gasteiger charge is 2.34. The van der Waals surface area contributed by atoms with Gasteiger partial charge in [-0.25, -0.2) is 0 Å². The summed E-state index contributed by atoms with van der Waals surface area (Å²) < 4.78 is 0. The number of hydrazone groups is 1. The number of fused-ring (bicyclic) bond motifs is 1. The Bertz CT molecular complexity index is 536. The number of nitrogens with one attached hydrogen (secondary N) is 1. The lowest BCUT2D eigenvalue weighted by atomic mass is 10.1. The van der Waals surface area contributed by atoms with Crippen molar-refractivity contribution in [3.05, 3.63) is 35.4 Å². The van der Waals surface area contributed by atoms with E-state index in [-0.39, 0.29) is 23.5 Å². The summed E-state index contributed by atoms with van der Waals surface area (Å²) in [6.07, 6.45) is 1.95. The Kier molecular flexibility index (Phi) is 3.86. The van der Waals surface area contributed by atoms with Gasteiger partial charge in [-0.1, -0.05) is 12.1 Å². The summed E-state index contributed by atoms with van der Waals surface area (Å²) >= 11 is 4.57. The molecule has 98 valence electrons. The second kappa shape index (κ2) is 5.57. The van der Waals surface area contributed by atoms with Gasteiger partial charge in [-0.2, -0.15) is 5.10 Å². The zero-order valence-electron chi connectivity index (χ0n) is 10.00. The minimum atomic E-state index is -0.267. The molecular formula is C12H12N4O2S. The quantitative estimate of drug-likeness (QED) is 0.362. The van der Waals surface area contributed by atoms with Crippen LogP contribution < -0.4 is 11.2 Å². The molecule has 0 unspecified atom stereocenters. The summed E-state index contributed by atoms with van der Waals surface area (Å²) in [5.41, 5.74) is 8.49. The number of thiocarbonyl (C=S) groups is 1. The molecule has 19 heavy (non-hydrogen) atoms. The van der Waals surface area contributed by atoms with Gasteiger partial charge in [0.05, 0.1) is 11.1 Å².